The molecule has 0 fully saturated rings. The average Bonchev–Trinajstić information content (AvgIpc) is 3.06. The lowest BCUT2D eigenvalue weighted by Crippen LogP contribution is -2.20. The minimum atomic E-state index is -0.320. The summed E-state index contributed by atoms with van der Waals surface area (Å²) < 4.78 is 5.71. The SMILES string of the molecule is O=C1CC(CC(=O)N/N=C\c2ccc(OCc3ccccc3)cc2)=NN1. The number of hydrogen-bond donors (Lipinski definition) is 2. The highest BCUT2D eigenvalue weighted by Crippen LogP contribution is 2.13. The molecule has 2 amide bonds. The van der Waals surface area contributed by atoms with Crippen molar-refractivity contribution in [2.75, 3.05) is 0 Å². The Morgan fingerprint density at radius 3 is 2.65 bits per heavy atom. The van der Waals surface area contributed by atoms with Crippen molar-refractivity contribution in [2.45, 2.75) is 19.4 Å². The standard InChI is InChI=1S/C19H18N4O3/c24-18(10-16-11-19(25)23-21-16)22-20-12-14-6-8-17(9-7-14)26-13-15-4-2-1-3-5-15/h1-9,12H,10-11,13H2,(H,22,24)(H,23,25)/b20-12-. The van der Waals surface area contributed by atoms with Crippen LogP contribution in [0.5, 0.6) is 5.75 Å². The molecular formula is C19H18N4O3. The molecule has 2 N–H and O–H groups in total. The molecule has 3 rings (SSSR count). The highest BCUT2D eigenvalue weighted by molar-refractivity contribution is 6.11. The zero-order chi connectivity index (χ0) is 18.2. The van der Waals surface area contributed by atoms with Crippen LogP contribution in [0, 0.1) is 0 Å². The van der Waals surface area contributed by atoms with Crippen molar-refractivity contribution in [1.29, 1.82) is 0 Å². The maximum Gasteiger partial charge on any atom is 0.245 e. The number of hydrazone groups is 2. The van der Waals surface area contributed by atoms with Crippen molar-refractivity contribution in [3.8, 4) is 5.75 Å². The van der Waals surface area contributed by atoms with E-state index in [0.717, 1.165) is 16.9 Å². The Balaban J connectivity index is 1.44. The fourth-order valence-corrected chi connectivity index (χ4v) is 2.30. The van der Waals surface area contributed by atoms with Gasteiger partial charge in [-0.15, -0.1) is 0 Å². The number of hydrogen-bond acceptors (Lipinski definition) is 5. The van der Waals surface area contributed by atoms with Gasteiger partial charge in [0.15, 0.2) is 0 Å². The number of benzene rings is 2. The molecule has 1 aliphatic rings. The number of nitrogens with zero attached hydrogens (tertiary/aromatic N) is 2. The monoisotopic (exact) mass is 350 g/mol. The second-order valence-electron chi connectivity index (χ2n) is 5.70. The van der Waals surface area contributed by atoms with Crippen LogP contribution < -0.4 is 15.6 Å². The first-order chi connectivity index (χ1) is 12.7. The Hall–Kier alpha value is -3.48. The summed E-state index contributed by atoms with van der Waals surface area (Å²) in [7, 11) is 0. The van der Waals surface area contributed by atoms with Crippen LogP contribution in [-0.2, 0) is 16.2 Å². The summed E-state index contributed by atoms with van der Waals surface area (Å²) in [5, 5.41) is 7.66. The fourth-order valence-electron chi connectivity index (χ4n) is 2.30. The van der Waals surface area contributed by atoms with Gasteiger partial charge in [-0.1, -0.05) is 30.3 Å². The summed E-state index contributed by atoms with van der Waals surface area (Å²) in [6.07, 6.45) is 1.74. The number of amides is 2. The second-order valence-corrected chi connectivity index (χ2v) is 5.70. The van der Waals surface area contributed by atoms with Gasteiger partial charge in [-0.05, 0) is 35.4 Å². The molecule has 132 valence electrons. The first kappa shape index (κ1) is 17.3. The molecule has 0 aliphatic carbocycles. The third kappa shape index (κ3) is 5.27. The fraction of sp³-hybridized carbons (Fsp3) is 0.158. The molecule has 0 unspecified atom stereocenters. The van der Waals surface area contributed by atoms with E-state index in [1.165, 1.54) is 0 Å². The minimum Gasteiger partial charge on any atom is -0.489 e. The van der Waals surface area contributed by atoms with Crippen LogP contribution >= 0.6 is 0 Å². The molecule has 0 atom stereocenters. The quantitative estimate of drug-likeness (QED) is 0.591. The molecule has 0 aromatic heterocycles. The van der Waals surface area contributed by atoms with E-state index >= 15 is 0 Å². The van der Waals surface area contributed by atoms with Gasteiger partial charge < -0.3 is 4.74 Å². The number of carbonyl (C=O) groups excluding carboxylic acids is 2. The Morgan fingerprint density at radius 2 is 1.96 bits per heavy atom. The van der Waals surface area contributed by atoms with Gasteiger partial charge in [0.2, 0.25) is 11.8 Å². The van der Waals surface area contributed by atoms with Crippen molar-refractivity contribution < 1.29 is 14.3 Å². The van der Waals surface area contributed by atoms with Crippen LogP contribution in [0.2, 0.25) is 0 Å². The van der Waals surface area contributed by atoms with Crippen molar-refractivity contribution in [1.82, 2.24) is 10.9 Å². The molecule has 0 saturated heterocycles. The highest BCUT2D eigenvalue weighted by atomic mass is 16.5. The van der Waals surface area contributed by atoms with Crippen LogP contribution in [0.3, 0.4) is 0 Å². The first-order valence-corrected chi connectivity index (χ1v) is 8.12. The van der Waals surface area contributed by atoms with Gasteiger partial charge in [0.1, 0.15) is 12.4 Å². The lowest BCUT2D eigenvalue weighted by atomic mass is 10.2. The smallest absolute Gasteiger partial charge is 0.245 e. The van der Waals surface area contributed by atoms with Gasteiger partial charge in [-0.25, -0.2) is 10.9 Å². The first-order valence-electron chi connectivity index (χ1n) is 8.12. The predicted molar refractivity (Wildman–Crippen MR) is 97.8 cm³/mol. The van der Waals surface area contributed by atoms with Gasteiger partial charge in [0.05, 0.1) is 24.8 Å². The van der Waals surface area contributed by atoms with Crippen LogP contribution in [0.4, 0.5) is 0 Å². The predicted octanol–water partition coefficient (Wildman–Crippen LogP) is 1.98. The second kappa shape index (κ2) is 8.57. The molecule has 7 heteroatoms. The third-order valence-electron chi connectivity index (χ3n) is 3.60. The Morgan fingerprint density at radius 1 is 1.19 bits per heavy atom. The van der Waals surface area contributed by atoms with E-state index in [1.54, 1.807) is 6.21 Å². The molecule has 26 heavy (non-hydrogen) atoms. The molecule has 0 radical (unpaired) electrons. The number of ether oxygens (including phenoxy) is 1. The molecule has 0 saturated carbocycles. The van der Waals surface area contributed by atoms with E-state index in [-0.39, 0.29) is 24.7 Å². The van der Waals surface area contributed by atoms with Crippen molar-refractivity contribution >= 4 is 23.7 Å². The molecule has 0 spiro atoms. The maximum atomic E-state index is 11.7. The summed E-state index contributed by atoms with van der Waals surface area (Å²) in [4.78, 5) is 22.7. The highest BCUT2D eigenvalue weighted by Gasteiger charge is 2.16. The summed E-state index contributed by atoms with van der Waals surface area (Å²) >= 11 is 0. The van der Waals surface area contributed by atoms with Gasteiger partial charge in [0, 0.05) is 0 Å². The number of rotatable bonds is 7. The summed E-state index contributed by atoms with van der Waals surface area (Å²) in [6.45, 7) is 0.506. The topological polar surface area (TPSA) is 92.2 Å². The molecule has 0 bridgehead atoms. The van der Waals surface area contributed by atoms with E-state index in [9.17, 15) is 9.59 Å². The molecule has 1 heterocycles. The molecular weight excluding hydrogens is 332 g/mol. The number of carbonyl (C=O) groups is 2. The van der Waals surface area contributed by atoms with Crippen LogP contribution in [0.15, 0.2) is 64.8 Å². The number of nitrogens with one attached hydrogen (secondary N) is 2. The molecule has 1 aliphatic heterocycles. The largest absolute Gasteiger partial charge is 0.489 e. The Bertz CT molecular complexity index is 830. The average molecular weight is 350 g/mol. The van der Waals surface area contributed by atoms with Gasteiger partial charge in [-0.2, -0.15) is 10.2 Å². The summed E-state index contributed by atoms with van der Waals surface area (Å²) in [5.74, 6) is 0.233. The van der Waals surface area contributed by atoms with E-state index in [4.69, 9.17) is 4.74 Å². The van der Waals surface area contributed by atoms with Crippen molar-refractivity contribution in [3.05, 3.63) is 65.7 Å². The minimum absolute atomic E-state index is 0.0440. The summed E-state index contributed by atoms with van der Waals surface area (Å²) in [5.41, 5.74) is 7.15. The van der Waals surface area contributed by atoms with E-state index < -0.39 is 0 Å². The maximum absolute atomic E-state index is 11.7. The van der Waals surface area contributed by atoms with E-state index in [1.807, 2.05) is 54.6 Å². The molecule has 2 aromatic rings. The Labute approximate surface area is 150 Å². The lowest BCUT2D eigenvalue weighted by Gasteiger charge is -2.06. The van der Waals surface area contributed by atoms with Crippen LogP contribution in [0.25, 0.3) is 0 Å². The Kier molecular flexibility index (Phi) is 5.72. The van der Waals surface area contributed by atoms with E-state index in [0.29, 0.717) is 12.3 Å². The van der Waals surface area contributed by atoms with Crippen molar-refractivity contribution in [3.63, 3.8) is 0 Å². The zero-order valence-electron chi connectivity index (χ0n) is 14.0. The molecule has 7 nitrogen and oxygen atoms in total. The molecule has 2 aromatic carbocycles. The normalized spacial score (nSPS) is 13.4. The zero-order valence-corrected chi connectivity index (χ0v) is 14.0. The lowest BCUT2D eigenvalue weighted by molar-refractivity contribution is -0.119. The van der Waals surface area contributed by atoms with Gasteiger partial charge >= 0.3 is 0 Å². The summed E-state index contributed by atoms with van der Waals surface area (Å²) in [6, 6.07) is 17.3. The van der Waals surface area contributed by atoms with E-state index in [2.05, 4.69) is 21.1 Å². The van der Waals surface area contributed by atoms with Crippen LogP contribution in [0.1, 0.15) is 24.0 Å². The van der Waals surface area contributed by atoms with Crippen molar-refractivity contribution in [2.24, 2.45) is 10.2 Å². The van der Waals surface area contributed by atoms with Gasteiger partial charge in [-0.3, -0.25) is 9.59 Å². The third-order valence-corrected chi connectivity index (χ3v) is 3.60. The van der Waals surface area contributed by atoms with Crippen LogP contribution in [-0.4, -0.2) is 23.7 Å². The van der Waals surface area contributed by atoms with Gasteiger partial charge in [0.25, 0.3) is 0 Å².